The molecule has 1 saturated carbocycles. The molecule has 1 aliphatic rings. The molecule has 0 saturated heterocycles. The first-order chi connectivity index (χ1) is 3.96. The number of rotatable bonds is 0. The molecule has 0 bridgehead atoms. The van der Waals surface area contributed by atoms with Crippen LogP contribution in [-0.4, -0.2) is 8.67 Å². The third-order valence-electron chi connectivity index (χ3n) is 1.52. The Balaban J connectivity index is 2.75. The topological polar surface area (TPSA) is 0 Å². The van der Waals surface area contributed by atoms with Crippen LogP contribution in [0.25, 0.3) is 0 Å². The number of hydrogen-bond donors (Lipinski definition) is 0. The molecule has 0 aliphatic heterocycles. The number of halogens is 4. The van der Waals surface area contributed by atoms with E-state index in [9.17, 15) is 0 Å². The summed E-state index contributed by atoms with van der Waals surface area (Å²) in [6.07, 6.45) is 2.27. The van der Waals surface area contributed by atoms with Crippen molar-refractivity contribution in [1.29, 1.82) is 0 Å². The van der Waals surface area contributed by atoms with E-state index in [1.165, 1.54) is 0 Å². The molecule has 4 heteroatoms. The van der Waals surface area contributed by atoms with Gasteiger partial charge >= 0.3 is 0 Å². The minimum Gasteiger partial charge on any atom is -0.0983 e. The van der Waals surface area contributed by atoms with E-state index in [4.69, 9.17) is 46.4 Å². The fraction of sp³-hybridized carbons (Fsp3) is 1.00. The highest BCUT2D eigenvalue weighted by Crippen LogP contribution is 2.53. The predicted octanol–water partition coefficient (Wildman–Crippen LogP) is 3.52. The summed E-state index contributed by atoms with van der Waals surface area (Å²) in [6.45, 7) is 0. The molecule has 0 aromatic heterocycles. The molecule has 0 atom stereocenters. The van der Waals surface area contributed by atoms with Gasteiger partial charge in [-0.05, 0) is 19.3 Å². The van der Waals surface area contributed by atoms with Crippen molar-refractivity contribution in [3.63, 3.8) is 0 Å². The second-order valence-corrected chi connectivity index (χ2v) is 5.23. The average molecular weight is 208 g/mol. The van der Waals surface area contributed by atoms with Crippen LogP contribution in [0, 0.1) is 0 Å². The Hall–Kier alpha value is 1.16. The van der Waals surface area contributed by atoms with Crippen molar-refractivity contribution in [2.75, 3.05) is 0 Å². The Morgan fingerprint density at radius 3 is 1.22 bits per heavy atom. The second-order valence-electron chi connectivity index (χ2n) is 2.26. The highest BCUT2D eigenvalue weighted by Gasteiger charge is 2.50. The largest absolute Gasteiger partial charge is 0.151 e. The quantitative estimate of drug-likeness (QED) is 0.534. The van der Waals surface area contributed by atoms with Crippen LogP contribution in [-0.2, 0) is 0 Å². The van der Waals surface area contributed by atoms with Gasteiger partial charge in [-0.15, -0.1) is 0 Å². The summed E-state index contributed by atoms with van der Waals surface area (Å²) in [4.78, 5) is 0. The van der Waals surface area contributed by atoms with Gasteiger partial charge in [0, 0.05) is 0 Å². The lowest BCUT2D eigenvalue weighted by Crippen LogP contribution is -2.29. The molecule has 1 rings (SSSR count). The SMILES string of the molecule is ClC1(Cl)CCCC1(Cl)Cl. The van der Waals surface area contributed by atoms with Gasteiger partial charge < -0.3 is 0 Å². The number of alkyl halides is 4. The Bertz CT molecular complexity index is 104. The summed E-state index contributed by atoms with van der Waals surface area (Å²) in [6, 6.07) is 0. The maximum absolute atomic E-state index is 5.76. The standard InChI is InChI=1S/C5H6Cl4/c6-4(7)2-1-3-5(4,8)9/h1-3H2. The first-order valence-electron chi connectivity index (χ1n) is 2.71. The third-order valence-corrected chi connectivity index (χ3v) is 3.95. The van der Waals surface area contributed by atoms with Gasteiger partial charge in [0.2, 0.25) is 0 Å². The van der Waals surface area contributed by atoms with Crippen molar-refractivity contribution in [2.45, 2.75) is 27.9 Å². The van der Waals surface area contributed by atoms with Gasteiger partial charge in [0.1, 0.15) is 0 Å². The van der Waals surface area contributed by atoms with Crippen molar-refractivity contribution < 1.29 is 0 Å². The lowest BCUT2D eigenvalue weighted by Gasteiger charge is -2.23. The molecule has 0 aromatic rings. The van der Waals surface area contributed by atoms with Crippen molar-refractivity contribution in [1.82, 2.24) is 0 Å². The lowest BCUT2D eigenvalue weighted by atomic mass is 10.3. The van der Waals surface area contributed by atoms with Gasteiger partial charge in [0.05, 0.1) is 0 Å². The summed E-state index contributed by atoms with van der Waals surface area (Å²) < 4.78 is -1.87. The van der Waals surface area contributed by atoms with Gasteiger partial charge in [0.25, 0.3) is 0 Å². The summed E-state index contributed by atoms with van der Waals surface area (Å²) >= 11 is 23.0. The highest BCUT2D eigenvalue weighted by atomic mass is 35.5. The minimum absolute atomic E-state index is 0.684. The van der Waals surface area contributed by atoms with E-state index < -0.39 is 8.67 Å². The average Bonchev–Trinajstić information content (AvgIpc) is 1.81. The molecular weight excluding hydrogens is 202 g/mol. The molecule has 0 N–H and O–H groups in total. The van der Waals surface area contributed by atoms with Crippen LogP contribution in [0.15, 0.2) is 0 Å². The molecule has 1 fully saturated rings. The van der Waals surface area contributed by atoms with Gasteiger partial charge in [-0.3, -0.25) is 0 Å². The van der Waals surface area contributed by atoms with Crippen molar-refractivity contribution >= 4 is 46.4 Å². The van der Waals surface area contributed by atoms with Crippen molar-refractivity contribution in [3.8, 4) is 0 Å². The van der Waals surface area contributed by atoms with Crippen LogP contribution in [0.3, 0.4) is 0 Å². The zero-order valence-electron chi connectivity index (χ0n) is 4.63. The van der Waals surface area contributed by atoms with E-state index in [-0.39, 0.29) is 0 Å². The fourth-order valence-electron chi connectivity index (χ4n) is 0.898. The summed E-state index contributed by atoms with van der Waals surface area (Å²) in [5.41, 5.74) is 0. The smallest absolute Gasteiger partial charge is 0.0983 e. The zero-order chi connectivity index (χ0) is 7.12. The monoisotopic (exact) mass is 206 g/mol. The van der Waals surface area contributed by atoms with Crippen molar-refractivity contribution in [3.05, 3.63) is 0 Å². The molecule has 0 nitrogen and oxygen atoms in total. The molecule has 9 heavy (non-hydrogen) atoms. The molecule has 0 radical (unpaired) electrons. The maximum Gasteiger partial charge on any atom is 0.151 e. The van der Waals surface area contributed by atoms with Crippen LogP contribution in [0.4, 0.5) is 0 Å². The van der Waals surface area contributed by atoms with E-state index >= 15 is 0 Å². The highest BCUT2D eigenvalue weighted by molar-refractivity contribution is 6.62. The Labute approximate surface area is 74.4 Å². The van der Waals surface area contributed by atoms with Crippen LogP contribution in [0.2, 0.25) is 0 Å². The fourth-order valence-corrected chi connectivity index (χ4v) is 1.81. The van der Waals surface area contributed by atoms with Crippen LogP contribution < -0.4 is 0 Å². The van der Waals surface area contributed by atoms with Crippen LogP contribution in [0.1, 0.15) is 19.3 Å². The maximum atomic E-state index is 5.76. The molecule has 0 heterocycles. The van der Waals surface area contributed by atoms with E-state index in [1.54, 1.807) is 0 Å². The first-order valence-corrected chi connectivity index (χ1v) is 4.22. The Morgan fingerprint density at radius 2 is 1.11 bits per heavy atom. The van der Waals surface area contributed by atoms with Crippen LogP contribution in [0.5, 0.6) is 0 Å². The second kappa shape index (κ2) is 2.34. The van der Waals surface area contributed by atoms with Gasteiger partial charge in [0.15, 0.2) is 8.67 Å². The molecule has 0 amide bonds. The van der Waals surface area contributed by atoms with E-state index in [0.717, 1.165) is 6.42 Å². The molecule has 1 aliphatic carbocycles. The van der Waals surface area contributed by atoms with Gasteiger partial charge in [-0.25, -0.2) is 0 Å². The van der Waals surface area contributed by atoms with Gasteiger partial charge in [-0.2, -0.15) is 0 Å². The molecule has 0 aromatic carbocycles. The molecule has 54 valence electrons. The predicted molar refractivity (Wildman–Crippen MR) is 42.7 cm³/mol. The Morgan fingerprint density at radius 1 is 0.778 bits per heavy atom. The summed E-state index contributed by atoms with van der Waals surface area (Å²) in [7, 11) is 0. The normalized spacial score (nSPS) is 30.7. The molecular formula is C5H6Cl4. The van der Waals surface area contributed by atoms with Gasteiger partial charge in [-0.1, -0.05) is 46.4 Å². The number of hydrogen-bond acceptors (Lipinski definition) is 0. The minimum atomic E-state index is -0.934. The van der Waals surface area contributed by atoms with E-state index in [0.29, 0.717) is 12.8 Å². The van der Waals surface area contributed by atoms with Crippen molar-refractivity contribution in [2.24, 2.45) is 0 Å². The summed E-state index contributed by atoms with van der Waals surface area (Å²) in [5.74, 6) is 0. The Kier molecular flexibility index (Phi) is 2.14. The third kappa shape index (κ3) is 1.42. The molecule has 0 spiro atoms. The van der Waals surface area contributed by atoms with E-state index in [1.807, 2.05) is 0 Å². The van der Waals surface area contributed by atoms with Crippen LogP contribution >= 0.6 is 46.4 Å². The zero-order valence-corrected chi connectivity index (χ0v) is 7.66. The summed E-state index contributed by atoms with van der Waals surface area (Å²) in [5, 5.41) is 0. The first kappa shape index (κ1) is 8.26. The van der Waals surface area contributed by atoms with E-state index in [2.05, 4.69) is 0 Å². The lowest BCUT2D eigenvalue weighted by molar-refractivity contribution is 0.764. The molecule has 0 unspecified atom stereocenters.